The summed E-state index contributed by atoms with van der Waals surface area (Å²) in [7, 11) is 0. The summed E-state index contributed by atoms with van der Waals surface area (Å²) in [6, 6.07) is 0.220. The molecule has 3 N–H and O–H groups in total. The second-order valence-corrected chi connectivity index (χ2v) is 3.87. The fraction of sp³-hybridized carbons (Fsp3) is 0.800. The molecule has 15 heavy (non-hydrogen) atoms. The van der Waals surface area contributed by atoms with Gasteiger partial charge in [-0.3, -0.25) is 9.79 Å². The fourth-order valence-electron chi connectivity index (χ4n) is 1.70. The van der Waals surface area contributed by atoms with Gasteiger partial charge in [-0.15, -0.1) is 0 Å². The maximum Gasteiger partial charge on any atom is 0.217 e. The van der Waals surface area contributed by atoms with Gasteiger partial charge in [0.05, 0.1) is 0 Å². The largest absolute Gasteiger partial charge is 0.370 e. The van der Waals surface area contributed by atoms with Crippen molar-refractivity contribution in [2.45, 2.75) is 32.7 Å². The number of guanidine groups is 1. The Morgan fingerprint density at radius 1 is 1.67 bits per heavy atom. The first-order valence-electron chi connectivity index (χ1n) is 5.45. The van der Waals surface area contributed by atoms with Crippen LogP contribution in [-0.2, 0) is 4.79 Å². The van der Waals surface area contributed by atoms with E-state index in [2.05, 4.69) is 17.2 Å². The van der Waals surface area contributed by atoms with Crippen LogP contribution >= 0.6 is 0 Å². The monoisotopic (exact) mass is 212 g/mol. The predicted octanol–water partition coefficient (Wildman–Crippen LogP) is -0.0785. The molecule has 1 atom stereocenters. The molecule has 0 saturated carbocycles. The lowest BCUT2D eigenvalue weighted by Gasteiger charge is -2.17. The average Bonchev–Trinajstić information content (AvgIpc) is 2.61. The van der Waals surface area contributed by atoms with Crippen molar-refractivity contribution in [2.75, 3.05) is 19.6 Å². The van der Waals surface area contributed by atoms with Crippen molar-refractivity contribution in [1.82, 2.24) is 10.2 Å². The molecule has 1 aliphatic rings. The van der Waals surface area contributed by atoms with Crippen molar-refractivity contribution < 1.29 is 4.79 Å². The number of aliphatic imine (C=N–C) groups is 1. The third kappa shape index (κ3) is 3.77. The van der Waals surface area contributed by atoms with Gasteiger partial charge in [0.1, 0.15) is 0 Å². The molecule has 5 heteroatoms. The zero-order valence-corrected chi connectivity index (χ0v) is 9.49. The van der Waals surface area contributed by atoms with Gasteiger partial charge in [0.25, 0.3) is 0 Å². The molecule has 1 amide bonds. The molecule has 1 saturated heterocycles. The summed E-state index contributed by atoms with van der Waals surface area (Å²) >= 11 is 0. The topological polar surface area (TPSA) is 70.7 Å². The first kappa shape index (κ1) is 11.8. The van der Waals surface area contributed by atoms with Gasteiger partial charge in [0.15, 0.2) is 5.96 Å². The van der Waals surface area contributed by atoms with E-state index in [0.29, 0.717) is 5.96 Å². The minimum atomic E-state index is 0.0194. The molecular formula is C10H20N4O. The van der Waals surface area contributed by atoms with Crippen LogP contribution in [0.3, 0.4) is 0 Å². The molecule has 0 spiro atoms. The van der Waals surface area contributed by atoms with Gasteiger partial charge in [0.2, 0.25) is 5.91 Å². The lowest BCUT2D eigenvalue weighted by molar-refractivity contribution is -0.119. The Morgan fingerprint density at radius 3 is 3.00 bits per heavy atom. The molecule has 1 fully saturated rings. The van der Waals surface area contributed by atoms with Crippen molar-refractivity contribution in [3.05, 3.63) is 0 Å². The van der Waals surface area contributed by atoms with Crippen LogP contribution in [-0.4, -0.2) is 42.4 Å². The minimum absolute atomic E-state index is 0.0194. The van der Waals surface area contributed by atoms with E-state index in [-0.39, 0.29) is 11.9 Å². The molecule has 1 unspecified atom stereocenters. The molecule has 0 bridgehead atoms. The highest BCUT2D eigenvalue weighted by Crippen LogP contribution is 2.08. The second kappa shape index (κ2) is 5.58. The number of nitrogens with zero attached hydrogens (tertiary/aromatic N) is 2. The van der Waals surface area contributed by atoms with Gasteiger partial charge in [-0.25, -0.2) is 0 Å². The van der Waals surface area contributed by atoms with Crippen LogP contribution in [0.4, 0.5) is 0 Å². The summed E-state index contributed by atoms with van der Waals surface area (Å²) in [5, 5.41) is 2.89. The highest BCUT2D eigenvalue weighted by molar-refractivity contribution is 5.78. The summed E-state index contributed by atoms with van der Waals surface area (Å²) in [5.41, 5.74) is 5.82. The maximum atomic E-state index is 10.9. The summed E-state index contributed by atoms with van der Waals surface area (Å²) in [4.78, 5) is 17.1. The molecule has 1 rings (SSSR count). The molecular weight excluding hydrogens is 192 g/mol. The van der Waals surface area contributed by atoms with Crippen LogP contribution in [0.1, 0.15) is 26.7 Å². The third-order valence-electron chi connectivity index (χ3n) is 2.42. The van der Waals surface area contributed by atoms with Crippen LogP contribution in [0.2, 0.25) is 0 Å². The van der Waals surface area contributed by atoms with Crippen molar-refractivity contribution in [1.29, 1.82) is 0 Å². The number of carbonyl (C=O) groups excluding carboxylic acids is 1. The van der Waals surface area contributed by atoms with Crippen molar-refractivity contribution in [2.24, 2.45) is 10.7 Å². The van der Waals surface area contributed by atoms with Crippen LogP contribution in [0.5, 0.6) is 0 Å². The Hall–Kier alpha value is -1.26. The number of nitrogens with two attached hydrogens (primary N) is 1. The van der Waals surface area contributed by atoms with Gasteiger partial charge in [0, 0.05) is 32.6 Å². The normalized spacial score (nSPS) is 21.9. The Labute approximate surface area is 90.7 Å². The molecule has 0 radical (unpaired) electrons. The summed E-state index contributed by atoms with van der Waals surface area (Å²) in [5.74, 6) is 0.621. The zero-order chi connectivity index (χ0) is 11.3. The molecule has 86 valence electrons. The van der Waals surface area contributed by atoms with Crippen molar-refractivity contribution >= 4 is 11.9 Å². The van der Waals surface area contributed by atoms with Gasteiger partial charge < -0.3 is 16.0 Å². The Kier molecular flexibility index (Phi) is 4.39. The number of carbonyl (C=O) groups is 1. The maximum absolute atomic E-state index is 10.9. The minimum Gasteiger partial charge on any atom is -0.370 e. The number of likely N-dealkylation sites (tertiary alicyclic amines) is 1. The van der Waals surface area contributed by atoms with Crippen molar-refractivity contribution in [3.63, 3.8) is 0 Å². The average molecular weight is 212 g/mol. The van der Waals surface area contributed by atoms with Gasteiger partial charge in [-0.2, -0.15) is 0 Å². The van der Waals surface area contributed by atoms with E-state index < -0.39 is 0 Å². The molecule has 1 aliphatic heterocycles. The predicted molar refractivity (Wildman–Crippen MR) is 60.6 cm³/mol. The molecule has 0 aromatic carbocycles. The number of nitrogens with one attached hydrogen (secondary N) is 1. The highest BCUT2D eigenvalue weighted by atomic mass is 16.1. The smallest absolute Gasteiger partial charge is 0.217 e. The molecule has 0 aromatic rings. The Balaban J connectivity index is 2.38. The number of hydrogen-bond donors (Lipinski definition) is 2. The van der Waals surface area contributed by atoms with E-state index in [9.17, 15) is 4.79 Å². The lowest BCUT2D eigenvalue weighted by atomic mass is 10.3. The molecule has 0 aromatic heterocycles. The Bertz CT molecular complexity index is 252. The van der Waals surface area contributed by atoms with E-state index in [1.165, 1.54) is 6.92 Å². The van der Waals surface area contributed by atoms with E-state index in [0.717, 1.165) is 32.5 Å². The van der Waals surface area contributed by atoms with E-state index in [1.54, 1.807) is 0 Å². The number of amides is 1. The molecule has 0 aliphatic carbocycles. The van der Waals surface area contributed by atoms with E-state index in [1.807, 2.05) is 4.90 Å². The first-order chi connectivity index (χ1) is 7.13. The van der Waals surface area contributed by atoms with Crippen LogP contribution in [0.25, 0.3) is 0 Å². The van der Waals surface area contributed by atoms with Crippen molar-refractivity contribution in [3.8, 4) is 0 Å². The molecule has 5 nitrogen and oxygen atoms in total. The fourth-order valence-corrected chi connectivity index (χ4v) is 1.70. The van der Waals surface area contributed by atoms with E-state index >= 15 is 0 Å². The lowest BCUT2D eigenvalue weighted by Crippen LogP contribution is -2.40. The summed E-state index contributed by atoms with van der Waals surface area (Å²) in [6.45, 7) is 6.04. The third-order valence-corrected chi connectivity index (χ3v) is 2.42. The number of hydrogen-bond acceptors (Lipinski definition) is 2. The quantitative estimate of drug-likeness (QED) is 0.508. The zero-order valence-electron chi connectivity index (χ0n) is 9.49. The SMILES string of the molecule is CCCN=C(N)N1CCC(NC(C)=O)C1. The van der Waals surface area contributed by atoms with Crippen LogP contribution in [0.15, 0.2) is 4.99 Å². The molecule has 1 heterocycles. The van der Waals surface area contributed by atoms with Gasteiger partial charge >= 0.3 is 0 Å². The van der Waals surface area contributed by atoms with Crippen LogP contribution in [0, 0.1) is 0 Å². The van der Waals surface area contributed by atoms with Gasteiger partial charge in [-0.1, -0.05) is 6.92 Å². The summed E-state index contributed by atoms with van der Waals surface area (Å²) < 4.78 is 0. The van der Waals surface area contributed by atoms with Gasteiger partial charge in [-0.05, 0) is 12.8 Å². The summed E-state index contributed by atoms with van der Waals surface area (Å²) in [6.07, 6.45) is 1.95. The van der Waals surface area contributed by atoms with E-state index in [4.69, 9.17) is 5.73 Å². The Morgan fingerprint density at radius 2 is 2.40 bits per heavy atom. The second-order valence-electron chi connectivity index (χ2n) is 3.87. The highest BCUT2D eigenvalue weighted by Gasteiger charge is 2.23. The van der Waals surface area contributed by atoms with Crippen LogP contribution < -0.4 is 11.1 Å². The standard InChI is InChI=1S/C10H20N4O/c1-3-5-12-10(11)14-6-4-9(7-14)13-8(2)15/h9H,3-7H2,1-2H3,(H2,11,12)(H,13,15). The number of rotatable bonds is 3. The first-order valence-corrected chi connectivity index (χ1v) is 5.45.